The second kappa shape index (κ2) is 8.97. The predicted octanol–water partition coefficient (Wildman–Crippen LogP) is 4.76. The number of hydrogen-bond donors (Lipinski definition) is 1. The molecule has 0 aromatic carbocycles. The molecule has 102 valence electrons. The monoisotopic (exact) mass is 239 g/mol. The normalized spacial score (nSPS) is 17.6. The molecule has 17 heavy (non-hydrogen) atoms. The van der Waals surface area contributed by atoms with Crippen LogP contribution in [0.1, 0.15) is 78.6 Å². The van der Waals surface area contributed by atoms with Crippen molar-refractivity contribution in [2.45, 2.75) is 84.6 Å². The average Bonchev–Trinajstić information content (AvgIpc) is 3.10. The van der Waals surface area contributed by atoms with Gasteiger partial charge in [0.15, 0.2) is 0 Å². The summed E-state index contributed by atoms with van der Waals surface area (Å²) in [7, 11) is 0. The van der Waals surface area contributed by atoms with Crippen LogP contribution in [0.25, 0.3) is 0 Å². The molecule has 1 nitrogen and oxygen atoms in total. The van der Waals surface area contributed by atoms with E-state index in [9.17, 15) is 0 Å². The molecule has 0 aliphatic heterocycles. The van der Waals surface area contributed by atoms with E-state index in [4.69, 9.17) is 0 Å². The van der Waals surface area contributed by atoms with E-state index in [0.717, 1.165) is 17.9 Å². The Hall–Kier alpha value is -0.0400. The Bertz CT molecular complexity index is 172. The highest BCUT2D eigenvalue weighted by Crippen LogP contribution is 2.23. The second-order valence-corrected chi connectivity index (χ2v) is 6.24. The third-order valence-electron chi connectivity index (χ3n) is 4.12. The van der Waals surface area contributed by atoms with E-state index >= 15 is 0 Å². The van der Waals surface area contributed by atoms with Gasteiger partial charge in [-0.15, -0.1) is 0 Å². The summed E-state index contributed by atoms with van der Waals surface area (Å²) in [6.45, 7) is 8.32. The molecule has 0 amide bonds. The van der Waals surface area contributed by atoms with Crippen molar-refractivity contribution in [3.8, 4) is 0 Å². The summed E-state index contributed by atoms with van der Waals surface area (Å²) in [5, 5.41) is 3.70. The van der Waals surface area contributed by atoms with Gasteiger partial charge in [0.2, 0.25) is 0 Å². The van der Waals surface area contributed by atoms with Gasteiger partial charge in [-0.05, 0) is 37.6 Å². The number of rotatable bonds is 11. The van der Waals surface area contributed by atoms with Gasteiger partial charge < -0.3 is 5.32 Å². The highest BCUT2D eigenvalue weighted by atomic mass is 14.9. The number of unbranched alkanes of at least 4 members (excludes halogenated alkanes) is 5. The largest absolute Gasteiger partial charge is 0.314 e. The van der Waals surface area contributed by atoms with Crippen LogP contribution in [0.3, 0.4) is 0 Å². The van der Waals surface area contributed by atoms with Crippen molar-refractivity contribution >= 4 is 0 Å². The lowest BCUT2D eigenvalue weighted by Crippen LogP contribution is -2.27. The molecule has 1 aliphatic carbocycles. The molecule has 0 heterocycles. The summed E-state index contributed by atoms with van der Waals surface area (Å²) in [4.78, 5) is 0. The summed E-state index contributed by atoms with van der Waals surface area (Å²) < 4.78 is 0. The van der Waals surface area contributed by atoms with Crippen molar-refractivity contribution in [2.24, 2.45) is 11.8 Å². The van der Waals surface area contributed by atoms with Gasteiger partial charge >= 0.3 is 0 Å². The van der Waals surface area contributed by atoms with Crippen LogP contribution in [0.2, 0.25) is 0 Å². The topological polar surface area (TPSA) is 12.0 Å². The third kappa shape index (κ3) is 7.81. The lowest BCUT2D eigenvalue weighted by molar-refractivity contribution is 0.327. The molecule has 1 rings (SSSR count). The fraction of sp³-hybridized carbons (Fsp3) is 1.00. The van der Waals surface area contributed by atoms with Crippen molar-refractivity contribution in [2.75, 3.05) is 6.54 Å². The Morgan fingerprint density at radius 1 is 1.00 bits per heavy atom. The zero-order valence-corrected chi connectivity index (χ0v) is 12.3. The molecule has 0 spiro atoms. The molecule has 0 aromatic rings. The van der Waals surface area contributed by atoms with Gasteiger partial charge in [0, 0.05) is 6.04 Å². The fourth-order valence-corrected chi connectivity index (χ4v) is 2.46. The van der Waals surface area contributed by atoms with Crippen molar-refractivity contribution in [3.05, 3.63) is 0 Å². The molecular weight excluding hydrogens is 206 g/mol. The van der Waals surface area contributed by atoms with Crippen LogP contribution < -0.4 is 5.32 Å². The third-order valence-corrected chi connectivity index (χ3v) is 4.12. The zero-order chi connectivity index (χ0) is 12.5. The van der Waals surface area contributed by atoms with Crippen molar-refractivity contribution < 1.29 is 0 Å². The minimum atomic E-state index is 0.844. The van der Waals surface area contributed by atoms with Gasteiger partial charge in [-0.3, -0.25) is 0 Å². The lowest BCUT2D eigenvalue weighted by atomic mass is 9.90. The summed E-state index contributed by atoms with van der Waals surface area (Å²) in [5.41, 5.74) is 0. The van der Waals surface area contributed by atoms with E-state index in [2.05, 4.69) is 26.1 Å². The van der Waals surface area contributed by atoms with Gasteiger partial charge in [-0.2, -0.15) is 0 Å². The molecule has 1 heteroatoms. The molecule has 1 aliphatic rings. The first-order valence-corrected chi connectivity index (χ1v) is 7.97. The molecule has 1 saturated carbocycles. The summed E-state index contributed by atoms with van der Waals surface area (Å²) in [6.07, 6.45) is 12.9. The van der Waals surface area contributed by atoms with E-state index in [-0.39, 0.29) is 0 Å². The van der Waals surface area contributed by atoms with E-state index in [1.165, 1.54) is 64.3 Å². The Morgan fingerprint density at radius 3 is 2.24 bits per heavy atom. The minimum Gasteiger partial charge on any atom is -0.314 e. The van der Waals surface area contributed by atoms with Crippen LogP contribution in [-0.2, 0) is 0 Å². The van der Waals surface area contributed by atoms with E-state index < -0.39 is 0 Å². The first-order valence-electron chi connectivity index (χ1n) is 7.97. The van der Waals surface area contributed by atoms with Crippen LogP contribution in [0.5, 0.6) is 0 Å². The molecule has 1 fully saturated rings. The summed E-state index contributed by atoms with van der Waals surface area (Å²) in [5.74, 6) is 1.75. The second-order valence-electron chi connectivity index (χ2n) is 6.24. The number of nitrogens with one attached hydrogen (secondary N) is 1. The van der Waals surface area contributed by atoms with Crippen LogP contribution in [0.4, 0.5) is 0 Å². The quantitative estimate of drug-likeness (QED) is 0.513. The Kier molecular flexibility index (Phi) is 7.92. The van der Waals surface area contributed by atoms with Crippen molar-refractivity contribution in [1.82, 2.24) is 5.32 Å². The van der Waals surface area contributed by atoms with Crippen molar-refractivity contribution in [1.29, 1.82) is 0 Å². The maximum Gasteiger partial charge on any atom is 0.00683 e. The molecule has 0 bridgehead atoms. The smallest absolute Gasteiger partial charge is 0.00683 e. The molecule has 0 radical (unpaired) electrons. The molecule has 1 N–H and O–H groups in total. The maximum absolute atomic E-state index is 3.70. The van der Waals surface area contributed by atoms with Gasteiger partial charge in [-0.25, -0.2) is 0 Å². The van der Waals surface area contributed by atoms with Crippen LogP contribution in [0.15, 0.2) is 0 Å². The van der Waals surface area contributed by atoms with E-state index in [1.807, 2.05) is 0 Å². The van der Waals surface area contributed by atoms with Crippen LogP contribution in [0, 0.1) is 11.8 Å². The highest BCUT2D eigenvalue weighted by Gasteiger charge is 2.22. The highest BCUT2D eigenvalue weighted by molar-refractivity contribution is 4.82. The standard InChI is InChI=1S/C16H33N/c1-4-5-6-7-8-9-10-15(14(2)3)13-17-16-11-12-16/h14-17H,4-13H2,1-3H3. The van der Waals surface area contributed by atoms with Gasteiger partial charge in [0.1, 0.15) is 0 Å². The first kappa shape index (κ1) is 15.0. The Labute approximate surface area is 109 Å². The lowest BCUT2D eigenvalue weighted by Gasteiger charge is -2.21. The van der Waals surface area contributed by atoms with Gasteiger partial charge in [0.05, 0.1) is 0 Å². The average molecular weight is 239 g/mol. The van der Waals surface area contributed by atoms with E-state index in [0.29, 0.717) is 0 Å². The molecule has 0 saturated heterocycles. The van der Waals surface area contributed by atoms with Crippen LogP contribution in [-0.4, -0.2) is 12.6 Å². The Balaban J connectivity index is 1.98. The van der Waals surface area contributed by atoms with Gasteiger partial charge in [-0.1, -0.05) is 59.3 Å². The zero-order valence-electron chi connectivity index (χ0n) is 12.3. The Morgan fingerprint density at radius 2 is 1.65 bits per heavy atom. The summed E-state index contributed by atoms with van der Waals surface area (Å²) in [6, 6.07) is 0.876. The first-order chi connectivity index (χ1) is 8.24. The number of hydrogen-bond acceptors (Lipinski definition) is 1. The SMILES string of the molecule is CCCCCCCCC(CNC1CC1)C(C)C. The molecule has 1 atom stereocenters. The molecular formula is C16H33N. The van der Waals surface area contributed by atoms with Crippen LogP contribution >= 0.6 is 0 Å². The minimum absolute atomic E-state index is 0.844. The van der Waals surface area contributed by atoms with E-state index in [1.54, 1.807) is 0 Å². The fourth-order valence-electron chi connectivity index (χ4n) is 2.46. The maximum atomic E-state index is 3.70. The van der Waals surface area contributed by atoms with Crippen molar-refractivity contribution in [3.63, 3.8) is 0 Å². The van der Waals surface area contributed by atoms with Gasteiger partial charge in [0.25, 0.3) is 0 Å². The predicted molar refractivity (Wildman–Crippen MR) is 77.3 cm³/mol. The molecule has 1 unspecified atom stereocenters. The summed E-state index contributed by atoms with van der Waals surface area (Å²) >= 11 is 0. The molecule has 0 aromatic heterocycles.